The molecule has 1 aromatic heterocycles. The highest BCUT2D eigenvalue weighted by Gasteiger charge is 2.30. The lowest BCUT2D eigenvalue weighted by molar-refractivity contribution is 0.185. The predicted octanol–water partition coefficient (Wildman–Crippen LogP) is 3.35. The molecule has 1 N–H and O–H groups in total. The topological polar surface area (TPSA) is 38.0 Å². The molecule has 0 aliphatic heterocycles. The van der Waals surface area contributed by atoms with Crippen LogP contribution < -0.4 is 0 Å². The van der Waals surface area contributed by atoms with Gasteiger partial charge in [-0.25, -0.2) is 0 Å². The molecule has 0 aliphatic carbocycles. The smallest absolute Gasteiger partial charge is 0.0634 e. The zero-order valence-corrected chi connectivity index (χ0v) is 12.6. The Kier molecular flexibility index (Phi) is 4.61. The van der Waals surface area contributed by atoms with Crippen LogP contribution in [-0.2, 0) is 11.8 Å². The van der Waals surface area contributed by atoms with Crippen LogP contribution in [0.1, 0.15) is 44.5 Å². The van der Waals surface area contributed by atoms with Crippen molar-refractivity contribution in [2.45, 2.75) is 45.1 Å². The Morgan fingerprint density at radius 2 is 1.90 bits per heavy atom. The molecule has 0 saturated carbocycles. The van der Waals surface area contributed by atoms with Gasteiger partial charge in [0.05, 0.1) is 12.3 Å². The van der Waals surface area contributed by atoms with Crippen molar-refractivity contribution in [1.29, 1.82) is 0 Å². The molecule has 3 heteroatoms. The van der Waals surface area contributed by atoms with Crippen molar-refractivity contribution in [3.05, 3.63) is 53.9 Å². The van der Waals surface area contributed by atoms with Crippen LogP contribution in [0.2, 0.25) is 0 Å². The van der Waals surface area contributed by atoms with Crippen LogP contribution in [0.3, 0.4) is 0 Å². The summed E-state index contributed by atoms with van der Waals surface area (Å²) < 4.78 is 1.97. The summed E-state index contributed by atoms with van der Waals surface area (Å²) in [6.45, 7) is 6.50. The Bertz CT molecular complexity index is 527. The van der Waals surface area contributed by atoms with Crippen molar-refractivity contribution in [3.8, 4) is 0 Å². The van der Waals surface area contributed by atoms with Gasteiger partial charge in [-0.15, -0.1) is 0 Å². The van der Waals surface area contributed by atoms with E-state index in [1.807, 2.05) is 29.1 Å². The molecule has 1 aromatic carbocycles. The number of aliphatic hydroxyl groups excluding tert-OH is 1. The molecule has 0 radical (unpaired) electrons. The van der Waals surface area contributed by atoms with Crippen LogP contribution in [0.25, 0.3) is 0 Å². The highest BCUT2D eigenvalue weighted by molar-refractivity contribution is 5.27. The Hall–Kier alpha value is -1.61. The Labute approximate surface area is 121 Å². The molecule has 2 rings (SSSR count). The molecule has 108 valence electrons. The molecule has 0 spiro atoms. The first-order chi connectivity index (χ1) is 9.61. The molecule has 0 bridgehead atoms. The zero-order chi connectivity index (χ0) is 14.6. The lowest BCUT2D eigenvalue weighted by atomic mass is 9.75. The number of aliphatic hydroxyl groups is 1. The summed E-state index contributed by atoms with van der Waals surface area (Å²) in [7, 11) is 0. The lowest BCUT2D eigenvalue weighted by Crippen LogP contribution is -2.32. The highest BCUT2D eigenvalue weighted by atomic mass is 16.3. The number of benzene rings is 1. The van der Waals surface area contributed by atoms with E-state index in [9.17, 15) is 5.11 Å². The monoisotopic (exact) mass is 272 g/mol. The maximum absolute atomic E-state index is 9.97. The zero-order valence-electron chi connectivity index (χ0n) is 12.6. The molecule has 20 heavy (non-hydrogen) atoms. The first kappa shape index (κ1) is 14.8. The van der Waals surface area contributed by atoms with Gasteiger partial charge >= 0.3 is 0 Å². The van der Waals surface area contributed by atoms with E-state index in [4.69, 9.17) is 0 Å². The van der Waals surface area contributed by atoms with E-state index in [2.05, 4.69) is 44.1 Å². The lowest BCUT2D eigenvalue weighted by Gasteiger charge is -2.30. The minimum atomic E-state index is -0.239. The number of rotatable bonds is 6. The Balaban J connectivity index is 2.29. The predicted molar refractivity (Wildman–Crippen MR) is 81.8 cm³/mol. The Morgan fingerprint density at radius 3 is 2.40 bits per heavy atom. The maximum atomic E-state index is 9.97. The molecular formula is C17H24N2O. The van der Waals surface area contributed by atoms with Gasteiger partial charge in [-0.2, -0.15) is 5.10 Å². The van der Waals surface area contributed by atoms with E-state index in [0.29, 0.717) is 6.04 Å². The summed E-state index contributed by atoms with van der Waals surface area (Å²) in [5.74, 6) is 0. The quantitative estimate of drug-likeness (QED) is 0.875. The minimum Gasteiger partial charge on any atom is -0.395 e. The van der Waals surface area contributed by atoms with E-state index < -0.39 is 0 Å². The van der Waals surface area contributed by atoms with E-state index in [0.717, 1.165) is 18.5 Å². The second-order valence-electron chi connectivity index (χ2n) is 5.72. The van der Waals surface area contributed by atoms with Crippen LogP contribution in [-0.4, -0.2) is 21.5 Å². The van der Waals surface area contributed by atoms with Crippen molar-refractivity contribution < 1.29 is 5.11 Å². The van der Waals surface area contributed by atoms with Gasteiger partial charge in [0.1, 0.15) is 0 Å². The van der Waals surface area contributed by atoms with Gasteiger partial charge in [0.2, 0.25) is 0 Å². The number of hydrogen-bond donors (Lipinski definition) is 1. The summed E-state index contributed by atoms with van der Waals surface area (Å²) >= 11 is 0. The maximum Gasteiger partial charge on any atom is 0.0634 e. The third kappa shape index (κ3) is 2.93. The third-order valence-electron chi connectivity index (χ3n) is 4.08. The van der Waals surface area contributed by atoms with E-state index in [1.165, 1.54) is 5.56 Å². The largest absolute Gasteiger partial charge is 0.395 e. The molecule has 1 unspecified atom stereocenters. The molecule has 0 aliphatic rings. The average molecular weight is 272 g/mol. The normalized spacial score (nSPS) is 14.4. The number of aromatic nitrogens is 2. The summed E-state index contributed by atoms with van der Waals surface area (Å²) in [4.78, 5) is 0. The first-order valence-corrected chi connectivity index (χ1v) is 7.31. The van der Waals surface area contributed by atoms with E-state index in [1.54, 1.807) is 0 Å². The van der Waals surface area contributed by atoms with Gasteiger partial charge < -0.3 is 5.11 Å². The third-order valence-corrected chi connectivity index (χ3v) is 4.08. The first-order valence-electron chi connectivity index (χ1n) is 7.31. The fourth-order valence-corrected chi connectivity index (χ4v) is 2.59. The fraction of sp³-hybridized carbons (Fsp3) is 0.471. The van der Waals surface area contributed by atoms with E-state index >= 15 is 0 Å². The van der Waals surface area contributed by atoms with Crippen LogP contribution in [0.5, 0.6) is 0 Å². The van der Waals surface area contributed by atoms with Crippen molar-refractivity contribution in [2.24, 2.45) is 0 Å². The molecule has 0 amide bonds. The average Bonchev–Trinajstić information content (AvgIpc) is 2.94. The fourth-order valence-electron chi connectivity index (χ4n) is 2.59. The van der Waals surface area contributed by atoms with Crippen LogP contribution in [0.15, 0.2) is 42.6 Å². The minimum absolute atomic E-state index is 0.141. The van der Waals surface area contributed by atoms with Crippen LogP contribution in [0, 0.1) is 0 Å². The summed E-state index contributed by atoms with van der Waals surface area (Å²) in [6, 6.07) is 12.7. The second kappa shape index (κ2) is 6.23. The van der Waals surface area contributed by atoms with Gasteiger partial charge in [0.15, 0.2) is 0 Å². The van der Waals surface area contributed by atoms with Crippen molar-refractivity contribution >= 4 is 0 Å². The Morgan fingerprint density at radius 1 is 1.20 bits per heavy atom. The number of hydrogen-bond acceptors (Lipinski definition) is 2. The molecular weight excluding hydrogens is 248 g/mol. The van der Waals surface area contributed by atoms with Gasteiger partial charge in [-0.3, -0.25) is 4.68 Å². The van der Waals surface area contributed by atoms with Crippen LogP contribution in [0.4, 0.5) is 0 Å². The van der Waals surface area contributed by atoms with Crippen LogP contribution >= 0.6 is 0 Å². The van der Waals surface area contributed by atoms with Gasteiger partial charge in [0, 0.05) is 24.1 Å². The highest BCUT2D eigenvalue weighted by Crippen LogP contribution is 2.31. The summed E-state index contributed by atoms with van der Waals surface area (Å²) in [5.41, 5.74) is 1.99. The molecule has 2 aromatic rings. The van der Waals surface area contributed by atoms with Crippen molar-refractivity contribution in [2.75, 3.05) is 6.61 Å². The summed E-state index contributed by atoms with van der Waals surface area (Å²) in [5, 5.41) is 14.6. The second-order valence-corrected chi connectivity index (χ2v) is 5.72. The SMILES string of the molecule is CCC(CO)(Cc1ccn(C(C)C)n1)c1ccccc1. The molecule has 1 atom stereocenters. The number of nitrogens with zero attached hydrogens (tertiary/aromatic N) is 2. The van der Waals surface area contributed by atoms with E-state index in [-0.39, 0.29) is 12.0 Å². The van der Waals surface area contributed by atoms with Crippen molar-refractivity contribution in [3.63, 3.8) is 0 Å². The molecule has 1 heterocycles. The summed E-state index contributed by atoms with van der Waals surface area (Å²) in [6.07, 6.45) is 3.68. The molecule has 3 nitrogen and oxygen atoms in total. The standard InChI is InChI=1S/C17H24N2O/c1-4-17(13-20,15-8-6-5-7-9-15)12-16-10-11-19(18-16)14(2)3/h5-11,14,20H,4,12-13H2,1-3H3. The van der Waals surface area contributed by atoms with Gasteiger partial charge in [-0.05, 0) is 31.9 Å². The van der Waals surface area contributed by atoms with Gasteiger partial charge in [0.25, 0.3) is 0 Å². The van der Waals surface area contributed by atoms with Gasteiger partial charge in [-0.1, -0.05) is 37.3 Å². The molecule has 0 saturated heterocycles. The molecule has 0 fully saturated rings. The van der Waals surface area contributed by atoms with Crippen molar-refractivity contribution in [1.82, 2.24) is 9.78 Å².